The van der Waals surface area contributed by atoms with Crippen LogP contribution in [0.4, 0.5) is 0 Å². The van der Waals surface area contributed by atoms with Gasteiger partial charge in [-0.05, 0) is 30.3 Å². The largest absolute Gasteiger partial charge is 0.294 e. The van der Waals surface area contributed by atoms with Crippen LogP contribution in [0.2, 0.25) is 0 Å². The number of Topliss-reactive ketones (excluding diaryl/α,β-unsaturated/α-hetero) is 1. The highest BCUT2D eigenvalue weighted by Gasteiger charge is 2.22. The van der Waals surface area contributed by atoms with Gasteiger partial charge in [0.25, 0.3) is 0 Å². The van der Waals surface area contributed by atoms with Gasteiger partial charge >= 0.3 is 0 Å². The molecule has 0 saturated heterocycles. The second-order valence-corrected chi connectivity index (χ2v) is 6.17. The molecule has 0 fully saturated rings. The summed E-state index contributed by atoms with van der Waals surface area (Å²) in [6.45, 7) is 5.83. The number of para-hydroxylation sites is 1. The van der Waals surface area contributed by atoms with E-state index in [1.807, 2.05) is 63.2 Å². The van der Waals surface area contributed by atoms with E-state index in [4.69, 9.17) is 0 Å². The minimum absolute atomic E-state index is 0.160. The van der Waals surface area contributed by atoms with Crippen molar-refractivity contribution in [3.63, 3.8) is 0 Å². The van der Waals surface area contributed by atoms with Crippen LogP contribution in [0.15, 0.2) is 48.5 Å². The summed E-state index contributed by atoms with van der Waals surface area (Å²) in [5, 5.41) is 2.11. The molecule has 20 heavy (non-hydrogen) atoms. The van der Waals surface area contributed by atoms with E-state index in [1.54, 1.807) is 0 Å². The lowest BCUT2D eigenvalue weighted by Gasteiger charge is -2.16. The summed E-state index contributed by atoms with van der Waals surface area (Å²) in [6, 6.07) is 15.9. The van der Waals surface area contributed by atoms with Gasteiger partial charge in [-0.2, -0.15) is 0 Å². The lowest BCUT2D eigenvalue weighted by Crippen LogP contribution is -2.20. The molecule has 0 amide bonds. The van der Waals surface area contributed by atoms with Gasteiger partial charge in [0, 0.05) is 21.8 Å². The number of pyridine rings is 1. The van der Waals surface area contributed by atoms with Gasteiger partial charge in [0.2, 0.25) is 0 Å². The van der Waals surface area contributed by atoms with Gasteiger partial charge in [0.1, 0.15) is 0 Å². The maximum atomic E-state index is 12.4. The third-order valence-electron chi connectivity index (χ3n) is 3.46. The average molecular weight is 263 g/mol. The van der Waals surface area contributed by atoms with Gasteiger partial charge in [-0.25, -0.2) is 4.98 Å². The molecular formula is C18H17NO. The maximum absolute atomic E-state index is 12.4. The molecule has 1 aromatic heterocycles. The Morgan fingerprint density at radius 1 is 0.900 bits per heavy atom. The Labute approximate surface area is 118 Å². The zero-order valence-corrected chi connectivity index (χ0v) is 12.0. The fourth-order valence-corrected chi connectivity index (χ4v) is 2.35. The zero-order chi connectivity index (χ0) is 14.3. The molecular weight excluding hydrogens is 246 g/mol. The molecule has 2 heteroatoms. The smallest absolute Gasteiger partial charge is 0.168 e. The Morgan fingerprint density at radius 2 is 1.60 bits per heavy atom. The molecule has 2 nitrogen and oxygen atoms in total. The number of carbonyl (C=O) groups excluding carboxylic acids is 1. The lowest BCUT2D eigenvalue weighted by molar-refractivity contribution is 0.0858. The van der Waals surface area contributed by atoms with Crippen LogP contribution in [0.3, 0.4) is 0 Å². The molecule has 3 rings (SSSR count). The number of rotatable bonds is 1. The van der Waals surface area contributed by atoms with Crippen LogP contribution in [-0.4, -0.2) is 10.8 Å². The molecule has 0 bridgehead atoms. The number of hydrogen-bond acceptors (Lipinski definition) is 2. The summed E-state index contributed by atoms with van der Waals surface area (Å²) in [6.07, 6.45) is 0. The highest BCUT2D eigenvalue weighted by atomic mass is 16.1. The van der Waals surface area contributed by atoms with Crippen LogP contribution in [0.5, 0.6) is 0 Å². The topological polar surface area (TPSA) is 30.0 Å². The van der Waals surface area contributed by atoms with E-state index in [0.29, 0.717) is 0 Å². The number of hydrogen-bond donors (Lipinski definition) is 0. The van der Waals surface area contributed by atoms with Crippen LogP contribution in [0.25, 0.3) is 21.8 Å². The molecule has 3 aromatic rings. The highest BCUT2D eigenvalue weighted by Crippen LogP contribution is 2.25. The number of fused-ring (bicyclic) bond motifs is 2. The third-order valence-corrected chi connectivity index (χ3v) is 3.46. The molecule has 0 saturated carbocycles. The molecule has 0 aliphatic heterocycles. The van der Waals surface area contributed by atoms with Gasteiger partial charge in [-0.15, -0.1) is 0 Å². The summed E-state index contributed by atoms with van der Waals surface area (Å²) in [5.74, 6) is 0.160. The molecule has 0 unspecified atom stereocenters. The van der Waals surface area contributed by atoms with E-state index in [0.717, 1.165) is 27.4 Å². The van der Waals surface area contributed by atoms with E-state index in [2.05, 4.69) is 11.1 Å². The summed E-state index contributed by atoms with van der Waals surface area (Å²) >= 11 is 0. The molecule has 0 aliphatic carbocycles. The van der Waals surface area contributed by atoms with Crippen molar-refractivity contribution < 1.29 is 4.79 Å². The van der Waals surface area contributed by atoms with Crippen molar-refractivity contribution in [3.05, 3.63) is 54.1 Å². The fraction of sp³-hybridized carbons (Fsp3) is 0.222. The lowest BCUT2D eigenvalue weighted by atomic mass is 9.86. The maximum Gasteiger partial charge on any atom is 0.168 e. The van der Waals surface area contributed by atoms with Crippen molar-refractivity contribution >= 4 is 27.6 Å². The Kier molecular flexibility index (Phi) is 2.82. The van der Waals surface area contributed by atoms with Crippen LogP contribution in [-0.2, 0) is 0 Å². The second kappa shape index (κ2) is 4.41. The van der Waals surface area contributed by atoms with Crippen molar-refractivity contribution in [1.29, 1.82) is 0 Å². The quantitative estimate of drug-likeness (QED) is 0.474. The minimum atomic E-state index is -0.363. The van der Waals surface area contributed by atoms with E-state index < -0.39 is 0 Å². The van der Waals surface area contributed by atoms with Crippen molar-refractivity contribution in [2.75, 3.05) is 0 Å². The van der Waals surface area contributed by atoms with E-state index >= 15 is 0 Å². The fourth-order valence-electron chi connectivity index (χ4n) is 2.35. The summed E-state index contributed by atoms with van der Waals surface area (Å²) in [4.78, 5) is 17.0. The molecule has 0 N–H and O–H groups in total. The summed E-state index contributed by atoms with van der Waals surface area (Å²) in [5.41, 5.74) is 2.30. The van der Waals surface area contributed by atoms with Crippen molar-refractivity contribution in [2.45, 2.75) is 20.8 Å². The van der Waals surface area contributed by atoms with Crippen molar-refractivity contribution in [3.8, 4) is 0 Å². The number of ketones is 1. The van der Waals surface area contributed by atoms with E-state index in [1.165, 1.54) is 0 Å². The van der Waals surface area contributed by atoms with Crippen molar-refractivity contribution in [1.82, 2.24) is 4.98 Å². The van der Waals surface area contributed by atoms with Crippen LogP contribution >= 0.6 is 0 Å². The standard InChI is InChI=1S/C18H17NO/c1-18(2,3)17(20)13-8-9-16-14(11-13)10-12-6-4-5-7-15(12)19-16/h4-11H,1-3H3. The van der Waals surface area contributed by atoms with E-state index in [-0.39, 0.29) is 11.2 Å². The molecule has 100 valence electrons. The minimum Gasteiger partial charge on any atom is -0.294 e. The van der Waals surface area contributed by atoms with Gasteiger partial charge in [-0.3, -0.25) is 4.79 Å². The molecule has 0 spiro atoms. The average Bonchev–Trinajstić information content (AvgIpc) is 2.42. The Bertz CT molecular complexity index is 812. The van der Waals surface area contributed by atoms with Gasteiger partial charge < -0.3 is 0 Å². The van der Waals surface area contributed by atoms with Crippen LogP contribution in [0.1, 0.15) is 31.1 Å². The number of nitrogens with zero attached hydrogens (tertiary/aromatic N) is 1. The first-order chi connectivity index (χ1) is 9.45. The predicted molar refractivity (Wildman–Crippen MR) is 83.0 cm³/mol. The summed E-state index contributed by atoms with van der Waals surface area (Å²) in [7, 11) is 0. The SMILES string of the molecule is CC(C)(C)C(=O)c1ccc2nc3ccccc3cc2c1. The zero-order valence-electron chi connectivity index (χ0n) is 12.0. The van der Waals surface area contributed by atoms with Crippen LogP contribution < -0.4 is 0 Å². The number of aromatic nitrogens is 1. The third kappa shape index (κ3) is 2.18. The molecule has 0 radical (unpaired) electrons. The Balaban J connectivity index is 2.20. The van der Waals surface area contributed by atoms with Gasteiger partial charge in [0.15, 0.2) is 5.78 Å². The summed E-state index contributed by atoms with van der Waals surface area (Å²) < 4.78 is 0. The van der Waals surface area contributed by atoms with Gasteiger partial charge in [-0.1, -0.05) is 39.0 Å². The highest BCUT2D eigenvalue weighted by molar-refractivity contribution is 6.03. The molecule has 2 aromatic carbocycles. The van der Waals surface area contributed by atoms with Gasteiger partial charge in [0.05, 0.1) is 11.0 Å². The first-order valence-electron chi connectivity index (χ1n) is 6.79. The molecule has 0 aliphatic rings. The first kappa shape index (κ1) is 12.8. The Morgan fingerprint density at radius 3 is 2.35 bits per heavy atom. The normalized spacial score (nSPS) is 11.9. The van der Waals surface area contributed by atoms with Crippen LogP contribution in [0, 0.1) is 5.41 Å². The monoisotopic (exact) mass is 263 g/mol. The molecule has 1 heterocycles. The second-order valence-electron chi connectivity index (χ2n) is 6.17. The van der Waals surface area contributed by atoms with Crippen molar-refractivity contribution in [2.24, 2.45) is 5.41 Å². The number of benzene rings is 2. The first-order valence-corrected chi connectivity index (χ1v) is 6.79. The Hall–Kier alpha value is -2.22. The molecule has 0 atom stereocenters. The predicted octanol–water partition coefficient (Wildman–Crippen LogP) is 4.62. The van der Waals surface area contributed by atoms with E-state index in [9.17, 15) is 4.79 Å². The number of carbonyl (C=O) groups is 1.